The number of rotatable bonds is 6. The van der Waals surface area contributed by atoms with Gasteiger partial charge in [-0.25, -0.2) is 0 Å². The molecule has 0 aromatic heterocycles. The monoisotopic (exact) mass is 286 g/mol. The summed E-state index contributed by atoms with van der Waals surface area (Å²) in [5, 5.41) is 3.47. The van der Waals surface area contributed by atoms with E-state index in [2.05, 4.69) is 18.5 Å². The number of anilines is 1. The van der Waals surface area contributed by atoms with Crippen molar-refractivity contribution in [3.05, 3.63) is 23.8 Å². The minimum absolute atomic E-state index is 0.398. The van der Waals surface area contributed by atoms with Gasteiger partial charge in [-0.05, 0) is 31.6 Å². The summed E-state index contributed by atoms with van der Waals surface area (Å²) in [4.78, 5) is 1.58. The molecule has 1 aromatic rings. The molecule has 5 heteroatoms. The van der Waals surface area contributed by atoms with Crippen LogP contribution in [0.1, 0.15) is 12.5 Å². The molecule has 0 radical (unpaired) electrons. The predicted molar refractivity (Wildman–Crippen MR) is 85.6 cm³/mol. The van der Waals surface area contributed by atoms with Crippen LogP contribution in [0.2, 0.25) is 0 Å². The maximum absolute atomic E-state index is 5.81. The number of hydrogen-bond donors (Lipinski definition) is 2. The molecule has 0 heterocycles. The maximum Gasteiger partial charge on any atom is 0.107 e. The fourth-order valence-electron chi connectivity index (χ4n) is 1.63. The highest BCUT2D eigenvalue weighted by Crippen LogP contribution is 2.27. The van der Waals surface area contributed by atoms with Crippen molar-refractivity contribution in [1.29, 1.82) is 0 Å². The van der Waals surface area contributed by atoms with Gasteiger partial charge in [0.25, 0.3) is 0 Å². The summed E-state index contributed by atoms with van der Waals surface area (Å²) in [5.74, 6) is 1.06. The van der Waals surface area contributed by atoms with E-state index in [0.717, 1.165) is 21.9 Å². The second-order valence-electron chi connectivity index (χ2n) is 3.75. The molecule has 0 aliphatic carbocycles. The summed E-state index contributed by atoms with van der Waals surface area (Å²) in [6, 6.07) is 6.51. The van der Waals surface area contributed by atoms with Crippen molar-refractivity contribution in [3.8, 4) is 0 Å². The Hall–Kier alpha value is -0.390. The van der Waals surface area contributed by atoms with Gasteiger partial charge in [0.2, 0.25) is 0 Å². The third kappa shape index (κ3) is 4.08. The lowest BCUT2D eigenvalue weighted by Gasteiger charge is -2.18. The Labute approximate surface area is 117 Å². The molecule has 0 aliphatic rings. The molecule has 3 N–H and O–H groups in total. The van der Waals surface area contributed by atoms with Crippen LogP contribution >= 0.6 is 35.7 Å². The second-order valence-corrected chi connectivity index (χ2v) is 5.95. The summed E-state index contributed by atoms with van der Waals surface area (Å²) >= 11 is 8.63. The van der Waals surface area contributed by atoms with E-state index in [9.17, 15) is 0 Å². The van der Waals surface area contributed by atoms with Gasteiger partial charge in [0.05, 0.1) is 0 Å². The summed E-state index contributed by atoms with van der Waals surface area (Å²) in [6.45, 7) is 2.16. The van der Waals surface area contributed by atoms with Crippen molar-refractivity contribution in [3.63, 3.8) is 0 Å². The quantitative estimate of drug-likeness (QED) is 0.620. The molecule has 1 rings (SSSR count). The van der Waals surface area contributed by atoms with Gasteiger partial charge in [-0.3, -0.25) is 0 Å². The molecule has 1 aromatic carbocycles. The van der Waals surface area contributed by atoms with Crippen molar-refractivity contribution >= 4 is 46.4 Å². The molecule has 0 saturated carbocycles. The number of nitrogens with two attached hydrogens (primary N) is 1. The van der Waals surface area contributed by atoms with E-state index in [0.29, 0.717) is 11.0 Å². The van der Waals surface area contributed by atoms with Crippen LogP contribution < -0.4 is 11.1 Å². The largest absolute Gasteiger partial charge is 0.389 e. The summed E-state index contributed by atoms with van der Waals surface area (Å²) < 4.78 is 0. The lowest BCUT2D eigenvalue weighted by Crippen LogP contribution is -2.21. The van der Waals surface area contributed by atoms with Crippen LogP contribution in [0.5, 0.6) is 0 Å². The topological polar surface area (TPSA) is 38.0 Å². The minimum Gasteiger partial charge on any atom is -0.389 e. The molecule has 0 fully saturated rings. The Bertz CT molecular complexity index is 393. The van der Waals surface area contributed by atoms with Gasteiger partial charge in [-0.1, -0.05) is 18.3 Å². The van der Waals surface area contributed by atoms with Crippen LogP contribution in [0.3, 0.4) is 0 Å². The normalized spacial score (nSPS) is 12.2. The highest BCUT2D eigenvalue weighted by Gasteiger charge is 2.12. The lowest BCUT2D eigenvalue weighted by atomic mass is 10.1. The van der Waals surface area contributed by atoms with E-state index in [1.165, 1.54) is 0 Å². The summed E-state index contributed by atoms with van der Waals surface area (Å²) in [5.41, 5.74) is 7.81. The van der Waals surface area contributed by atoms with E-state index in [1.807, 2.05) is 36.2 Å². The molecule has 1 atom stereocenters. The fraction of sp³-hybridized carbons (Fsp3) is 0.417. The first-order valence-corrected chi connectivity index (χ1v) is 8.35. The molecule has 0 spiro atoms. The molecule has 2 nitrogen and oxygen atoms in total. The van der Waals surface area contributed by atoms with Gasteiger partial charge in [-0.15, -0.1) is 11.8 Å². The minimum atomic E-state index is 0.398. The average Bonchev–Trinajstić information content (AvgIpc) is 2.28. The van der Waals surface area contributed by atoms with Crippen molar-refractivity contribution in [2.24, 2.45) is 5.73 Å². The molecule has 0 bridgehead atoms. The first kappa shape index (κ1) is 14.7. The Kier molecular flexibility index (Phi) is 6.16. The summed E-state index contributed by atoms with van der Waals surface area (Å²) in [7, 11) is 0. The van der Waals surface area contributed by atoms with Crippen molar-refractivity contribution in [1.82, 2.24) is 0 Å². The highest BCUT2D eigenvalue weighted by molar-refractivity contribution is 7.99. The van der Waals surface area contributed by atoms with E-state index in [-0.39, 0.29) is 0 Å². The lowest BCUT2D eigenvalue weighted by molar-refractivity contribution is 0.913. The maximum atomic E-state index is 5.81. The number of hydrogen-bond acceptors (Lipinski definition) is 4. The molecule has 94 valence electrons. The first-order chi connectivity index (χ1) is 8.10. The fourth-order valence-corrected chi connectivity index (χ4v) is 3.14. The number of benzene rings is 1. The van der Waals surface area contributed by atoms with Gasteiger partial charge in [-0.2, -0.15) is 11.8 Å². The first-order valence-electron chi connectivity index (χ1n) is 5.32. The van der Waals surface area contributed by atoms with Crippen LogP contribution in [-0.2, 0) is 0 Å². The molecule has 1 unspecified atom stereocenters. The van der Waals surface area contributed by atoms with Gasteiger partial charge in [0.15, 0.2) is 0 Å². The van der Waals surface area contributed by atoms with Gasteiger partial charge < -0.3 is 11.1 Å². The average molecular weight is 286 g/mol. The second kappa shape index (κ2) is 7.13. The standard InChI is InChI=1S/C12H18N2S3/c1-8(7-16-2)14-9-5-4-6-10(17-3)11(9)12(13)15/h4-6,8,14H,7H2,1-3H3,(H2,13,15). The van der Waals surface area contributed by atoms with Crippen LogP contribution in [0.15, 0.2) is 23.1 Å². The summed E-state index contributed by atoms with van der Waals surface area (Å²) in [6.07, 6.45) is 4.14. The molecule has 0 aliphatic heterocycles. The Morgan fingerprint density at radius 1 is 1.47 bits per heavy atom. The van der Waals surface area contributed by atoms with Gasteiger partial charge >= 0.3 is 0 Å². The molecule has 0 saturated heterocycles. The van der Waals surface area contributed by atoms with Crippen molar-refractivity contribution in [2.45, 2.75) is 17.9 Å². The third-order valence-electron chi connectivity index (χ3n) is 2.31. The van der Waals surface area contributed by atoms with Crippen LogP contribution in [0, 0.1) is 0 Å². The van der Waals surface area contributed by atoms with E-state index in [1.54, 1.807) is 11.8 Å². The predicted octanol–water partition coefficient (Wildman–Crippen LogP) is 3.21. The third-order valence-corrected chi connectivity index (χ3v) is 4.13. The molecule has 0 amide bonds. The molecular formula is C12H18N2S3. The Morgan fingerprint density at radius 3 is 2.71 bits per heavy atom. The van der Waals surface area contributed by atoms with Gasteiger partial charge in [0.1, 0.15) is 4.99 Å². The Morgan fingerprint density at radius 2 is 2.18 bits per heavy atom. The van der Waals surface area contributed by atoms with E-state index in [4.69, 9.17) is 18.0 Å². The molecule has 17 heavy (non-hydrogen) atoms. The van der Waals surface area contributed by atoms with Crippen molar-refractivity contribution < 1.29 is 0 Å². The number of thiocarbonyl (C=S) groups is 1. The highest BCUT2D eigenvalue weighted by atomic mass is 32.2. The van der Waals surface area contributed by atoms with Crippen molar-refractivity contribution in [2.75, 3.05) is 23.6 Å². The smallest absolute Gasteiger partial charge is 0.107 e. The number of nitrogens with one attached hydrogen (secondary N) is 1. The van der Waals surface area contributed by atoms with E-state index >= 15 is 0 Å². The zero-order valence-electron chi connectivity index (χ0n) is 10.3. The zero-order chi connectivity index (χ0) is 12.8. The Balaban J connectivity index is 3.02. The van der Waals surface area contributed by atoms with Crippen LogP contribution in [0.25, 0.3) is 0 Å². The van der Waals surface area contributed by atoms with Crippen LogP contribution in [0.4, 0.5) is 5.69 Å². The number of thioether (sulfide) groups is 2. The molecular weight excluding hydrogens is 268 g/mol. The zero-order valence-corrected chi connectivity index (χ0v) is 12.8. The van der Waals surface area contributed by atoms with E-state index < -0.39 is 0 Å². The van der Waals surface area contributed by atoms with Crippen LogP contribution in [-0.4, -0.2) is 29.3 Å². The van der Waals surface area contributed by atoms with Gasteiger partial charge in [0, 0.05) is 27.9 Å². The SMILES string of the molecule is CSCC(C)Nc1cccc(SC)c1C(N)=S.